The molecule has 0 aliphatic heterocycles. The summed E-state index contributed by atoms with van der Waals surface area (Å²) in [5, 5.41) is 13.5. The van der Waals surface area contributed by atoms with E-state index in [-0.39, 0.29) is 17.3 Å². The van der Waals surface area contributed by atoms with Gasteiger partial charge in [-0.15, -0.1) is 5.10 Å². The molecule has 1 amide bonds. The van der Waals surface area contributed by atoms with Crippen molar-refractivity contribution in [2.24, 2.45) is 7.05 Å². The van der Waals surface area contributed by atoms with Crippen LogP contribution in [-0.2, 0) is 7.05 Å². The molecule has 0 aliphatic rings. The summed E-state index contributed by atoms with van der Waals surface area (Å²) in [7, 11) is 1.60. The van der Waals surface area contributed by atoms with E-state index in [9.17, 15) is 4.79 Å². The number of nitrogen functional groups attached to an aromatic ring is 1. The number of hydrogen-bond donors (Lipinski definition) is 2. The van der Waals surface area contributed by atoms with Gasteiger partial charge in [0.1, 0.15) is 5.82 Å². The molecule has 3 N–H and O–H groups in total. The zero-order chi connectivity index (χ0) is 11.5. The average molecular weight is 219 g/mol. The Hall–Kier alpha value is -2.51. The predicted molar refractivity (Wildman–Crippen MR) is 55.4 cm³/mol. The van der Waals surface area contributed by atoms with Crippen LogP contribution in [0.5, 0.6) is 0 Å². The monoisotopic (exact) mass is 219 g/mol. The second kappa shape index (κ2) is 3.93. The number of anilines is 2. The minimum Gasteiger partial charge on any atom is -0.383 e. The average Bonchev–Trinajstić information content (AvgIpc) is 2.64. The first-order valence-electron chi connectivity index (χ1n) is 4.42. The molecule has 2 rings (SSSR count). The third-order valence-electron chi connectivity index (χ3n) is 1.82. The van der Waals surface area contributed by atoms with E-state index in [1.54, 1.807) is 19.2 Å². The molecule has 0 spiro atoms. The van der Waals surface area contributed by atoms with Crippen molar-refractivity contribution in [3.63, 3.8) is 0 Å². The van der Waals surface area contributed by atoms with Crippen molar-refractivity contribution in [2.45, 2.75) is 0 Å². The Bertz CT molecular complexity index is 521. The largest absolute Gasteiger partial charge is 0.383 e. The molecule has 0 fully saturated rings. The Morgan fingerprint density at radius 1 is 1.56 bits per heavy atom. The molecule has 8 heteroatoms. The first-order chi connectivity index (χ1) is 7.66. The first kappa shape index (κ1) is 10.0. The highest BCUT2D eigenvalue weighted by molar-refractivity contribution is 6.06. The lowest BCUT2D eigenvalue weighted by Crippen LogP contribution is -2.15. The molecule has 0 radical (unpaired) electrons. The van der Waals surface area contributed by atoms with E-state index < -0.39 is 5.91 Å². The first-order valence-corrected chi connectivity index (χ1v) is 4.42. The fourth-order valence-corrected chi connectivity index (χ4v) is 1.11. The quantitative estimate of drug-likeness (QED) is 0.700. The maximum absolute atomic E-state index is 11.7. The van der Waals surface area contributed by atoms with Gasteiger partial charge >= 0.3 is 0 Å². The van der Waals surface area contributed by atoms with Crippen LogP contribution in [0.25, 0.3) is 0 Å². The number of carbonyl (C=O) groups excluding carboxylic acids is 1. The van der Waals surface area contributed by atoms with Crippen LogP contribution >= 0.6 is 0 Å². The van der Waals surface area contributed by atoms with Crippen LogP contribution in [0, 0.1) is 0 Å². The summed E-state index contributed by atoms with van der Waals surface area (Å²) in [6, 6.07) is 3.18. The van der Waals surface area contributed by atoms with Gasteiger partial charge in [0.15, 0.2) is 0 Å². The summed E-state index contributed by atoms with van der Waals surface area (Å²) >= 11 is 0. The topological polar surface area (TPSA) is 112 Å². The Balaban J connectivity index is 2.18. The zero-order valence-electron chi connectivity index (χ0n) is 8.45. The van der Waals surface area contributed by atoms with Crippen molar-refractivity contribution in [3.8, 4) is 0 Å². The molecule has 2 aromatic heterocycles. The van der Waals surface area contributed by atoms with Crippen molar-refractivity contribution >= 4 is 17.7 Å². The molecular weight excluding hydrogens is 210 g/mol. The lowest BCUT2D eigenvalue weighted by atomic mass is 10.2. The van der Waals surface area contributed by atoms with E-state index in [2.05, 4.69) is 25.7 Å². The van der Waals surface area contributed by atoms with Gasteiger partial charge in [-0.2, -0.15) is 4.80 Å². The molecule has 0 unspecified atom stereocenters. The van der Waals surface area contributed by atoms with E-state index in [1.807, 2.05) is 0 Å². The highest BCUT2D eigenvalue weighted by Gasteiger charge is 2.12. The van der Waals surface area contributed by atoms with Crippen LogP contribution in [0.3, 0.4) is 0 Å². The number of aryl methyl sites for hydroxylation is 1. The molecule has 0 aromatic carbocycles. The minimum absolute atomic E-state index is 0.121. The lowest BCUT2D eigenvalue weighted by molar-refractivity contribution is 0.102. The fourth-order valence-electron chi connectivity index (χ4n) is 1.11. The minimum atomic E-state index is -0.418. The normalized spacial score (nSPS) is 10.1. The second-order valence-corrected chi connectivity index (χ2v) is 2.99. The van der Waals surface area contributed by atoms with E-state index in [4.69, 9.17) is 5.73 Å². The molecule has 0 atom stereocenters. The Morgan fingerprint density at radius 3 is 3.00 bits per heavy atom. The molecule has 0 saturated carbocycles. The highest BCUT2D eigenvalue weighted by Crippen LogP contribution is 2.08. The van der Waals surface area contributed by atoms with Crippen LogP contribution < -0.4 is 11.1 Å². The van der Waals surface area contributed by atoms with Gasteiger partial charge in [-0.3, -0.25) is 10.1 Å². The summed E-state index contributed by atoms with van der Waals surface area (Å²) in [5.74, 6) is -0.141. The van der Waals surface area contributed by atoms with Gasteiger partial charge in [-0.25, -0.2) is 4.98 Å². The number of rotatable bonds is 2. The van der Waals surface area contributed by atoms with Gasteiger partial charge in [-0.05, 0) is 17.3 Å². The molecule has 2 aromatic rings. The SMILES string of the molecule is Cn1nnc(NC(=O)c2cccnc2N)n1. The molecule has 0 aliphatic carbocycles. The zero-order valence-corrected chi connectivity index (χ0v) is 8.45. The van der Waals surface area contributed by atoms with Crippen molar-refractivity contribution in [3.05, 3.63) is 23.9 Å². The van der Waals surface area contributed by atoms with E-state index in [0.717, 1.165) is 0 Å². The number of carbonyl (C=O) groups is 1. The molecule has 0 saturated heterocycles. The van der Waals surface area contributed by atoms with Gasteiger partial charge in [0.2, 0.25) is 0 Å². The molecular formula is C8H9N7O. The molecule has 16 heavy (non-hydrogen) atoms. The maximum Gasteiger partial charge on any atom is 0.270 e. The van der Waals surface area contributed by atoms with Crippen LogP contribution in [0.1, 0.15) is 10.4 Å². The lowest BCUT2D eigenvalue weighted by Gasteiger charge is -2.02. The Morgan fingerprint density at radius 2 is 2.38 bits per heavy atom. The fraction of sp³-hybridized carbons (Fsp3) is 0.125. The van der Waals surface area contributed by atoms with Crippen LogP contribution in [0.2, 0.25) is 0 Å². The summed E-state index contributed by atoms with van der Waals surface area (Å²) in [6.45, 7) is 0. The van der Waals surface area contributed by atoms with Crippen molar-refractivity contribution in [2.75, 3.05) is 11.1 Å². The van der Waals surface area contributed by atoms with Gasteiger partial charge in [0.05, 0.1) is 12.6 Å². The van der Waals surface area contributed by atoms with Crippen LogP contribution in [0.4, 0.5) is 11.8 Å². The third-order valence-corrected chi connectivity index (χ3v) is 1.82. The number of tetrazole rings is 1. The van der Waals surface area contributed by atoms with Gasteiger partial charge in [0.25, 0.3) is 11.9 Å². The molecule has 2 heterocycles. The van der Waals surface area contributed by atoms with Crippen LogP contribution in [0.15, 0.2) is 18.3 Å². The standard InChI is InChI=1S/C8H9N7O/c1-15-13-8(12-14-15)11-7(16)5-3-2-4-10-6(5)9/h2-4H,1H3,(H2,9,10)(H,11,13,16). The van der Waals surface area contributed by atoms with Crippen molar-refractivity contribution in [1.29, 1.82) is 0 Å². The number of hydrogen-bond acceptors (Lipinski definition) is 6. The summed E-state index contributed by atoms with van der Waals surface area (Å²) < 4.78 is 0. The smallest absolute Gasteiger partial charge is 0.270 e. The number of nitrogens with zero attached hydrogens (tertiary/aromatic N) is 5. The van der Waals surface area contributed by atoms with Crippen molar-refractivity contribution in [1.82, 2.24) is 25.2 Å². The third kappa shape index (κ3) is 1.95. The van der Waals surface area contributed by atoms with Gasteiger partial charge < -0.3 is 5.73 Å². The maximum atomic E-state index is 11.7. The summed E-state index contributed by atoms with van der Waals surface area (Å²) in [6.07, 6.45) is 1.51. The van der Waals surface area contributed by atoms with E-state index >= 15 is 0 Å². The summed E-state index contributed by atoms with van der Waals surface area (Å²) in [5.41, 5.74) is 5.82. The number of amides is 1. The molecule has 8 nitrogen and oxygen atoms in total. The summed E-state index contributed by atoms with van der Waals surface area (Å²) in [4.78, 5) is 16.7. The Kier molecular flexibility index (Phi) is 2.46. The van der Waals surface area contributed by atoms with E-state index in [0.29, 0.717) is 0 Å². The number of nitrogens with two attached hydrogens (primary N) is 1. The number of aromatic nitrogens is 5. The Labute approximate surface area is 90.5 Å². The van der Waals surface area contributed by atoms with Gasteiger partial charge in [-0.1, -0.05) is 5.10 Å². The van der Waals surface area contributed by atoms with E-state index in [1.165, 1.54) is 11.0 Å². The predicted octanol–water partition coefficient (Wildman–Crippen LogP) is -0.560. The van der Waals surface area contributed by atoms with Crippen molar-refractivity contribution < 1.29 is 4.79 Å². The second-order valence-electron chi connectivity index (χ2n) is 2.99. The molecule has 82 valence electrons. The van der Waals surface area contributed by atoms with Crippen LogP contribution in [-0.4, -0.2) is 31.1 Å². The highest BCUT2D eigenvalue weighted by atomic mass is 16.1. The van der Waals surface area contributed by atoms with Gasteiger partial charge in [0, 0.05) is 6.20 Å². The molecule has 0 bridgehead atoms. The number of pyridine rings is 1. The number of nitrogens with one attached hydrogen (secondary N) is 1.